The van der Waals surface area contributed by atoms with Gasteiger partial charge in [-0.15, -0.1) is 0 Å². The lowest BCUT2D eigenvalue weighted by molar-refractivity contribution is -0.153. The van der Waals surface area contributed by atoms with E-state index in [2.05, 4.69) is 17.2 Å². The van der Waals surface area contributed by atoms with E-state index in [1.54, 1.807) is 14.0 Å². The molecule has 0 saturated heterocycles. The highest BCUT2D eigenvalue weighted by Crippen LogP contribution is 2.27. The molecule has 0 fully saturated rings. The van der Waals surface area contributed by atoms with Crippen molar-refractivity contribution >= 4 is 11.7 Å². The Balaban J connectivity index is 3.12. The van der Waals surface area contributed by atoms with Gasteiger partial charge in [0.05, 0.1) is 19.1 Å². The van der Waals surface area contributed by atoms with E-state index >= 15 is 0 Å². The quantitative estimate of drug-likeness (QED) is 0.629. The Hall–Kier alpha value is -2.15. The molecule has 0 aliphatic heterocycles. The summed E-state index contributed by atoms with van der Waals surface area (Å²) in [6.45, 7) is 12.0. The summed E-state index contributed by atoms with van der Waals surface area (Å²) in [6.07, 6.45) is 0. The van der Waals surface area contributed by atoms with Gasteiger partial charge in [-0.25, -0.2) is 0 Å². The predicted octanol–water partition coefficient (Wildman–Crippen LogP) is 4.11. The minimum atomic E-state index is -0.784. The number of rotatable bonds is 6. The van der Waals surface area contributed by atoms with Gasteiger partial charge in [-0.3, -0.25) is 4.79 Å². The van der Waals surface area contributed by atoms with Gasteiger partial charge >= 0.3 is 5.97 Å². The highest BCUT2D eigenvalue weighted by atomic mass is 16.5. The van der Waals surface area contributed by atoms with Crippen LogP contribution in [0.1, 0.15) is 41.5 Å². The number of carbonyl (C=O) groups excluding carboxylic acids is 1. The molecule has 24 heavy (non-hydrogen) atoms. The van der Waals surface area contributed by atoms with Gasteiger partial charge in [-0.2, -0.15) is 0 Å². The van der Waals surface area contributed by atoms with Crippen LogP contribution in [-0.2, 0) is 9.53 Å². The van der Waals surface area contributed by atoms with Crippen LogP contribution < -0.4 is 10.1 Å². The molecule has 0 aliphatic carbocycles. The summed E-state index contributed by atoms with van der Waals surface area (Å²) in [5.41, 5.74) is -0.0555. The topological polar surface area (TPSA) is 47.6 Å². The Morgan fingerprint density at radius 3 is 2.21 bits per heavy atom. The van der Waals surface area contributed by atoms with Crippen molar-refractivity contribution < 1.29 is 14.3 Å². The Labute approximate surface area is 145 Å². The van der Waals surface area contributed by atoms with Crippen molar-refractivity contribution in [3.63, 3.8) is 0 Å². The van der Waals surface area contributed by atoms with E-state index in [0.717, 1.165) is 11.4 Å². The van der Waals surface area contributed by atoms with Crippen molar-refractivity contribution in [2.24, 2.45) is 10.8 Å². The zero-order chi connectivity index (χ0) is 18.4. The Kier molecular flexibility index (Phi) is 6.71. The van der Waals surface area contributed by atoms with Gasteiger partial charge in [-0.1, -0.05) is 11.8 Å². The second-order valence-corrected chi connectivity index (χ2v) is 7.27. The zero-order valence-electron chi connectivity index (χ0n) is 15.8. The molecule has 0 spiro atoms. The summed E-state index contributed by atoms with van der Waals surface area (Å²) in [5, 5.41) is 3.35. The molecule has 1 aromatic carbocycles. The molecule has 1 N–H and O–H groups in total. The van der Waals surface area contributed by atoms with Crippen LogP contribution in [0.2, 0.25) is 0 Å². The first-order valence-corrected chi connectivity index (χ1v) is 8.20. The SMILES string of the molecule is CCOC(=O)C(C)(C)C(C#CC(C)(C)C)Nc1ccc(OC)cc1. The van der Waals surface area contributed by atoms with Crippen molar-refractivity contribution in [3.05, 3.63) is 24.3 Å². The largest absolute Gasteiger partial charge is 0.497 e. The number of hydrogen-bond acceptors (Lipinski definition) is 4. The highest BCUT2D eigenvalue weighted by Gasteiger charge is 2.37. The fourth-order valence-corrected chi connectivity index (χ4v) is 1.97. The molecule has 0 aromatic heterocycles. The van der Waals surface area contributed by atoms with Gasteiger partial charge in [0.15, 0.2) is 0 Å². The van der Waals surface area contributed by atoms with Crippen LogP contribution in [0.4, 0.5) is 5.69 Å². The van der Waals surface area contributed by atoms with E-state index in [9.17, 15) is 4.79 Å². The lowest BCUT2D eigenvalue weighted by Gasteiger charge is -2.30. The predicted molar refractivity (Wildman–Crippen MR) is 98.0 cm³/mol. The fourth-order valence-electron chi connectivity index (χ4n) is 1.97. The molecule has 0 radical (unpaired) electrons. The monoisotopic (exact) mass is 331 g/mol. The number of ether oxygens (including phenoxy) is 2. The summed E-state index contributed by atoms with van der Waals surface area (Å²) in [4.78, 5) is 12.4. The van der Waals surface area contributed by atoms with Crippen LogP contribution in [0.3, 0.4) is 0 Å². The summed E-state index contributed by atoms with van der Waals surface area (Å²) in [7, 11) is 1.63. The van der Waals surface area contributed by atoms with Gasteiger partial charge in [-0.05, 0) is 65.8 Å². The first kappa shape index (κ1) is 19.9. The number of anilines is 1. The van der Waals surface area contributed by atoms with Gasteiger partial charge in [0.2, 0.25) is 0 Å². The standard InChI is InChI=1S/C20H29NO3/c1-8-24-18(22)20(5,6)17(13-14-19(2,3)4)21-15-9-11-16(23-7)12-10-15/h9-12,17,21H,8H2,1-7H3. The van der Waals surface area contributed by atoms with Crippen molar-refractivity contribution in [1.82, 2.24) is 0 Å². The fraction of sp³-hybridized carbons (Fsp3) is 0.550. The number of carbonyl (C=O) groups is 1. The van der Waals surface area contributed by atoms with E-state index < -0.39 is 5.41 Å². The number of esters is 1. The molecule has 0 heterocycles. The molecular weight excluding hydrogens is 302 g/mol. The van der Waals surface area contributed by atoms with Gasteiger partial charge in [0.1, 0.15) is 11.8 Å². The second-order valence-electron chi connectivity index (χ2n) is 7.27. The summed E-state index contributed by atoms with van der Waals surface area (Å²) < 4.78 is 10.4. The average molecular weight is 331 g/mol. The van der Waals surface area contributed by atoms with E-state index in [-0.39, 0.29) is 17.4 Å². The van der Waals surface area contributed by atoms with Crippen LogP contribution in [0.15, 0.2) is 24.3 Å². The average Bonchev–Trinajstić information content (AvgIpc) is 2.51. The van der Waals surface area contributed by atoms with Gasteiger partial charge < -0.3 is 14.8 Å². The molecule has 1 atom stereocenters. The highest BCUT2D eigenvalue weighted by molar-refractivity contribution is 5.78. The minimum Gasteiger partial charge on any atom is -0.497 e. The van der Waals surface area contributed by atoms with Crippen molar-refractivity contribution in [3.8, 4) is 17.6 Å². The molecule has 1 unspecified atom stereocenters. The third-order valence-corrected chi connectivity index (χ3v) is 3.52. The number of nitrogens with one attached hydrogen (secondary N) is 1. The van der Waals surface area contributed by atoms with E-state index in [4.69, 9.17) is 9.47 Å². The Bertz CT molecular complexity index is 601. The Morgan fingerprint density at radius 2 is 1.75 bits per heavy atom. The normalized spacial score (nSPS) is 12.6. The van der Waals surface area contributed by atoms with Gasteiger partial charge in [0.25, 0.3) is 0 Å². The molecule has 4 nitrogen and oxygen atoms in total. The molecule has 1 aromatic rings. The second kappa shape index (κ2) is 8.10. The zero-order valence-corrected chi connectivity index (χ0v) is 15.8. The van der Waals surface area contributed by atoms with Crippen molar-refractivity contribution in [2.75, 3.05) is 19.0 Å². The molecule has 0 amide bonds. The minimum absolute atomic E-state index is 0.148. The summed E-state index contributed by atoms with van der Waals surface area (Å²) >= 11 is 0. The first-order valence-electron chi connectivity index (χ1n) is 8.20. The van der Waals surface area contributed by atoms with E-state index in [1.165, 1.54) is 0 Å². The van der Waals surface area contributed by atoms with E-state index in [1.807, 2.05) is 58.9 Å². The van der Waals surface area contributed by atoms with Crippen LogP contribution in [0, 0.1) is 22.7 Å². The maximum atomic E-state index is 12.4. The smallest absolute Gasteiger partial charge is 0.314 e. The number of benzene rings is 1. The van der Waals surface area contributed by atoms with Crippen molar-refractivity contribution in [2.45, 2.75) is 47.6 Å². The molecule has 0 saturated carbocycles. The van der Waals surface area contributed by atoms with Crippen LogP contribution in [-0.4, -0.2) is 25.7 Å². The maximum absolute atomic E-state index is 12.4. The maximum Gasteiger partial charge on any atom is 0.314 e. The van der Waals surface area contributed by atoms with Crippen molar-refractivity contribution in [1.29, 1.82) is 0 Å². The molecule has 132 valence electrons. The van der Waals surface area contributed by atoms with Crippen LogP contribution in [0.25, 0.3) is 0 Å². The lowest BCUT2D eigenvalue weighted by Crippen LogP contribution is -2.42. The van der Waals surface area contributed by atoms with Gasteiger partial charge in [0, 0.05) is 11.1 Å². The molecule has 0 bridgehead atoms. The summed E-state index contributed by atoms with van der Waals surface area (Å²) in [5.74, 6) is 6.96. The van der Waals surface area contributed by atoms with E-state index in [0.29, 0.717) is 6.61 Å². The van der Waals surface area contributed by atoms with Crippen LogP contribution >= 0.6 is 0 Å². The van der Waals surface area contributed by atoms with Crippen LogP contribution in [0.5, 0.6) is 5.75 Å². The number of methoxy groups -OCH3 is 1. The third kappa shape index (κ3) is 5.81. The third-order valence-electron chi connectivity index (χ3n) is 3.52. The Morgan fingerprint density at radius 1 is 1.17 bits per heavy atom. The molecule has 1 rings (SSSR count). The molecule has 0 aliphatic rings. The number of hydrogen-bond donors (Lipinski definition) is 1. The first-order chi connectivity index (χ1) is 11.1. The summed E-state index contributed by atoms with van der Waals surface area (Å²) in [6, 6.07) is 7.18. The molecular formula is C20H29NO3. The lowest BCUT2D eigenvalue weighted by atomic mass is 9.83. The molecule has 4 heteroatoms.